The van der Waals surface area contributed by atoms with Gasteiger partial charge < -0.3 is 9.64 Å². The Labute approximate surface area is 154 Å². The average Bonchev–Trinajstić information content (AvgIpc) is 3.02. The standard InChI is InChI=1S/C18H15ClN2O5/c19-14-2-1-3-16(9-14)20-10-13(8-17(20)22)18(23)26-11-12-4-6-15(7-5-12)21(24)25/h1-7,9,13H,8,10-11H2/t13-/m0/s1. The summed E-state index contributed by atoms with van der Waals surface area (Å²) in [5, 5.41) is 11.1. The van der Waals surface area contributed by atoms with Gasteiger partial charge in [-0.15, -0.1) is 0 Å². The number of nitro benzene ring substituents is 1. The second-order valence-electron chi connectivity index (χ2n) is 5.92. The molecule has 0 unspecified atom stereocenters. The minimum atomic E-state index is -0.556. The Kier molecular flexibility index (Phi) is 5.18. The summed E-state index contributed by atoms with van der Waals surface area (Å²) in [5.41, 5.74) is 1.26. The van der Waals surface area contributed by atoms with E-state index in [0.29, 0.717) is 16.3 Å². The van der Waals surface area contributed by atoms with Gasteiger partial charge in [0.1, 0.15) is 6.61 Å². The lowest BCUT2D eigenvalue weighted by Gasteiger charge is -2.16. The first-order chi connectivity index (χ1) is 12.4. The number of halogens is 1. The molecule has 0 aromatic heterocycles. The Morgan fingerprint density at radius 1 is 1.27 bits per heavy atom. The second-order valence-corrected chi connectivity index (χ2v) is 6.35. The van der Waals surface area contributed by atoms with Gasteiger partial charge in [-0.25, -0.2) is 0 Å². The summed E-state index contributed by atoms with van der Waals surface area (Å²) in [6, 6.07) is 12.6. The number of amides is 1. The highest BCUT2D eigenvalue weighted by molar-refractivity contribution is 6.30. The highest BCUT2D eigenvalue weighted by Gasteiger charge is 2.36. The maximum atomic E-state index is 12.2. The van der Waals surface area contributed by atoms with Crippen molar-refractivity contribution in [3.05, 3.63) is 69.2 Å². The van der Waals surface area contributed by atoms with E-state index in [-0.39, 0.29) is 31.2 Å². The molecule has 2 aromatic rings. The van der Waals surface area contributed by atoms with Crippen molar-refractivity contribution in [2.45, 2.75) is 13.0 Å². The lowest BCUT2D eigenvalue weighted by Crippen LogP contribution is -2.26. The fourth-order valence-corrected chi connectivity index (χ4v) is 2.93. The van der Waals surface area contributed by atoms with Crippen LogP contribution < -0.4 is 4.90 Å². The summed E-state index contributed by atoms with van der Waals surface area (Å²) in [6.45, 7) is 0.233. The van der Waals surface area contributed by atoms with E-state index in [1.165, 1.54) is 29.2 Å². The van der Waals surface area contributed by atoms with Crippen LogP contribution in [0.2, 0.25) is 5.02 Å². The Morgan fingerprint density at radius 2 is 2.00 bits per heavy atom. The minimum absolute atomic E-state index is 0.00131. The van der Waals surface area contributed by atoms with Crippen molar-refractivity contribution < 1.29 is 19.2 Å². The molecule has 3 rings (SSSR count). The third-order valence-electron chi connectivity index (χ3n) is 4.11. The van der Waals surface area contributed by atoms with Crippen LogP contribution in [0.4, 0.5) is 11.4 Å². The molecule has 1 heterocycles. The molecule has 0 aliphatic carbocycles. The summed E-state index contributed by atoms with van der Waals surface area (Å²) in [5.74, 6) is -1.19. The molecule has 1 atom stereocenters. The molecule has 0 bridgehead atoms. The first-order valence-corrected chi connectivity index (χ1v) is 8.28. The largest absolute Gasteiger partial charge is 0.461 e. The third kappa shape index (κ3) is 4.00. The van der Waals surface area contributed by atoms with Crippen molar-refractivity contribution in [2.24, 2.45) is 5.92 Å². The van der Waals surface area contributed by atoms with Crippen LogP contribution in [-0.2, 0) is 20.9 Å². The van der Waals surface area contributed by atoms with Crippen LogP contribution >= 0.6 is 11.6 Å². The molecule has 1 aliphatic heterocycles. The van der Waals surface area contributed by atoms with Crippen LogP contribution in [0.5, 0.6) is 0 Å². The van der Waals surface area contributed by atoms with Crippen LogP contribution in [0.1, 0.15) is 12.0 Å². The predicted molar refractivity (Wildman–Crippen MR) is 94.8 cm³/mol. The number of benzene rings is 2. The number of ether oxygens (including phenoxy) is 1. The molecule has 1 fully saturated rings. The molecule has 0 saturated carbocycles. The van der Waals surface area contributed by atoms with Gasteiger partial charge in [0.2, 0.25) is 5.91 Å². The van der Waals surface area contributed by atoms with E-state index in [4.69, 9.17) is 16.3 Å². The van der Waals surface area contributed by atoms with Gasteiger partial charge in [0.05, 0.1) is 10.8 Å². The van der Waals surface area contributed by atoms with Gasteiger partial charge in [0.25, 0.3) is 5.69 Å². The first-order valence-electron chi connectivity index (χ1n) is 7.90. The fourth-order valence-electron chi connectivity index (χ4n) is 2.75. The molecular weight excluding hydrogens is 360 g/mol. The molecule has 1 amide bonds. The highest BCUT2D eigenvalue weighted by Crippen LogP contribution is 2.28. The molecule has 0 radical (unpaired) electrons. The molecular formula is C18H15ClN2O5. The summed E-state index contributed by atoms with van der Waals surface area (Å²) in [4.78, 5) is 36.1. The first kappa shape index (κ1) is 17.9. The number of hydrogen-bond acceptors (Lipinski definition) is 5. The van der Waals surface area contributed by atoms with Gasteiger partial charge in [-0.1, -0.05) is 17.7 Å². The zero-order chi connectivity index (χ0) is 18.7. The quantitative estimate of drug-likeness (QED) is 0.455. The molecule has 134 valence electrons. The minimum Gasteiger partial charge on any atom is -0.461 e. The van der Waals surface area contributed by atoms with Gasteiger partial charge in [0, 0.05) is 35.8 Å². The monoisotopic (exact) mass is 374 g/mol. The molecule has 0 spiro atoms. The Bertz CT molecular complexity index is 853. The van der Waals surface area contributed by atoms with E-state index >= 15 is 0 Å². The highest BCUT2D eigenvalue weighted by atomic mass is 35.5. The van der Waals surface area contributed by atoms with Crippen LogP contribution in [0, 0.1) is 16.0 Å². The van der Waals surface area contributed by atoms with Crippen LogP contribution in [0.15, 0.2) is 48.5 Å². The van der Waals surface area contributed by atoms with Crippen LogP contribution in [-0.4, -0.2) is 23.3 Å². The van der Waals surface area contributed by atoms with E-state index in [2.05, 4.69) is 0 Å². The summed E-state index contributed by atoms with van der Waals surface area (Å²) in [6.07, 6.45) is 0.0750. The maximum Gasteiger partial charge on any atom is 0.311 e. The fraction of sp³-hybridized carbons (Fsp3) is 0.222. The summed E-state index contributed by atoms with van der Waals surface area (Å²) >= 11 is 5.95. The molecule has 8 heteroatoms. The zero-order valence-electron chi connectivity index (χ0n) is 13.6. The van der Waals surface area contributed by atoms with E-state index in [1.807, 2.05) is 0 Å². The number of anilines is 1. The van der Waals surface area contributed by atoms with Gasteiger partial charge in [-0.3, -0.25) is 19.7 Å². The maximum absolute atomic E-state index is 12.2. The molecule has 1 aliphatic rings. The Balaban J connectivity index is 1.58. The summed E-state index contributed by atoms with van der Waals surface area (Å²) < 4.78 is 5.25. The van der Waals surface area contributed by atoms with Gasteiger partial charge in [-0.05, 0) is 35.9 Å². The topological polar surface area (TPSA) is 89.7 Å². The van der Waals surface area contributed by atoms with Crippen molar-refractivity contribution in [1.29, 1.82) is 0 Å². The lowest BCUT2D eigenvalue weighted by atomic mass is 10.1. The number of carbonyl (C=O) groups is 2. The number of hydrogen-bond donors (Lipinski definition) is 0. The Morgan fingerprint density at radius 3 is 2.65 bits per heavy atom. The van der Waals surface area contributed by atoms with E-state index in [9.17, 15) is 19.7 Å². The molecule has 2 aromatic carbocycles. The van der Waals surface area contributed by atoms with Gasteiger partial charge in [0.15, 0.2) is 0 Å². The van der Waals surface area contributed by atoms with Crippen molar-refractivity contribution >= 4 is 34.9 Å². The summed E-state index contributed by atoms with van der Waals surface area (Å²) in [7, 11) is 0. The SMILES string of the molecule is O=C(OCc1ccc([N+](=O)[O-])cc1)[C@H]1CC(=O)N(c2cccc(Cl)c2)C1. The number of carbonyl (C=O) groups excluding carboxylic acids is 2. The number of nitro groups is 1. The van der Waals surface area contributed by atoms with Gasteiger partial charge >= 0.3 is 5.97 Å². The molecule has 0 N–H and O–H groups in total. The van der Waals surface area contributed by atoms with Crippen molar-refractivity contribution in [1.82, 2.24) is 0 Å². The van der Waals surface area contributed by atoms with E-state index in [0.717, 1.165) is 0 Å². The van der Waals surface area contributed by atoms with Crippen molar-refractivity contribution in [3.8, 4) is 0 Å². The van der Waals surface area contributed by atoms with E-state index in [1.54, 1.807) is 24.3 Å². The van der Waals surface area contributed by atoms with E-state index < -0.39 is 16.8 Å². The molecule has 1 saturated heterocycles. The van der Waals surface area contributed by atoms with Crippen molar-refractivity contribution in [2.75, 3.05) is 11.4 Å². The predicted octanol–water partition coefficient (Wildman–Crippen LogP) is 3.34. The van der Waals surface area contributed by atoms with Gasteiger partial charge in [-0.2, -0.15) is 0 Å². The molecule has 26 heavy (non-hydrogen) atoms. The number of non-ortho nitro benzene ring substituents is 1. The number of nitrogens with zero attached hydrogens (tertiary/aromatic N) is 2. The number of esters is 1. The van der Waals surface area contributed by atoms with Crippen LogP contribution in [0.3, 0.4) is 0 Å². The average molecular weight is 375 g/mol. The van der Waals surface area contributed by atoms with Crippen LogP contribution in [0.25, 0.3) is 0 Å². The smallest absolute Gasteiger partial charge is 0.311 e. The second kappa shape index (κ2) is 7.53. The molecule has 7 nitrogen and oxygen atoms in total. The lowest BCUT2D eigenvalue weighted by molar-refractivity contribution is -0.384. The normalized spacial score (nSPS) is 16.6. The van der Waals surface area contributed by atoms with Crippen molar-refractivity contribution in [3.63, 3.8) is 0 Å². The third-order valence-corrected chi connectivity index (χ3v) is 4.34. The zero-order valence-corrected chi connectivity index (χ0v) is 14.4. The number of rotatable bonds is 5. The Hall–Kier alpha value is -2.93.